The van der Waals surface area contributed by atoms with E-state index in [1.807, 2.05) is 6.07 Å². The van der Waals surface area contributed by atoms with E-state index in [0.29, 0.717) is 22.4 Å². The maximum atomic E-state index is 12.1. The summed E-state index contributed by atoms with van der Waals surface area (Å²) in [6.45, 7) is 1.51. The van der Waals surface area contributed by atoms with Crippen LogP contribution in [0, 0.1) is 0 Å². The molecule has 7 heteroatoms. The normalized spacial score (nSPS) is 11.7. The lowest BCUT2D eigenvalue weighted by Crippen LogP contribution is -2.30. The lowest BCUT2D eigenvalue weighted by atomic mass is 10.2. The number of esters is 1. The Kier molecular flexibility index (Phi) is 5.61. The first kappa shape index (κ1) is 18.3. The van der Waals surface area contributed by atoms with Crippen LogP contribution in [0.2, 0.25) is 0 Å². The highest BCUT2D eigenvalue weighted by atomic mass is 16.5. The fraction of sp³-hybridized carbons (Fsp3) is 0.200. The molecular weight excluding hydrogens is 346 g/mol. The molecule has 0 aliphatic carbocycles. The molecule has 0 saturated carbocycles. The molecule has 2 aromatic carbocycles. The number of H-pyrrole nitrogens is 1. The van der Waals surface area contributed by atoms with Crippen molar-refractivity contribution in [1.29, 1.82) is 0 Å². The molecule has 0 aliphatic rings. The van der Waals surface area contributed by atoms with Gasteiger partial charge in [0.2, 0.25) is 0 Å². The van der Waals surface area contributed by atoms with Gasteiger partial charge in [0.05, 0.1) is 17.3 Å². The molecule has 27 heavy (non-hydrogen) atoms. The average Bonchev–Trinajstić information content (AvgIpc) is 2.67. The van der Waals surface area contributed by atoms with Gasteiger partial charge in [0.25, 0.3) is 11.5 Å². The van der Waals surface area contributed by atoms with Gasteiger partial charge < -0.3 is 15.0 Å². The van der Waals surface area contributed by atoms with Crippen LogP contribution in [0.3, 0.4) is 0 Å². The summed E-state index contributed by atoms with van der Waals surface area (Å²) in [4.78, 5) is 43.1. The number of para-hydroxylation sites is 2. The second-order valence-corrected chi connectivity index (χ2v) is 6.02. The van der Waals surface area contributed by atoms with Crippen molar-refractivity contribution in [3.63, 3.8) is 0 Å². The SMILES string of the molecule is C[C@@H](OC(=O)CCc1nc2ccccc2c(=O)[nH]1)C(=O)Nc1ccccc1. The van der Waals surface area contributed by atoms with Crippen molar-refractivity contribution in [2.45, 2.75) is 25.9 Å². The summed E-state index contributed by atoms with van der Waals surface area (Å²) in [7, 11) is 0. The fourth-order valence-corrected chi connectivity index (χ4v) is 2.55. The molecule has 1 heterocycles. The summed E-state index contributed by atoms with van der Waals surface area (Å²) >= 11 is 0. The number of nitrogens with one attached hydrogen (secondary N) is 2. The second kappa shape index (κ2) is 8.27. The van der Waals surface area contributed by atoms with Crippen molar-refractivity contribution in [2.24, 2.45) is 0 Å². The number of fused-ring (bicyclic) bond motifs is 1. The number of amides is 1. The van der Waals surface area contributed by atoms with E-state index >= 15 is 0 Å². The zero-order valence-electron chi connectivity index (χ0n) is 14.8. The van der Waals surface area contributed by atoms with Crippen molar-refractivity contribution >= 4 is 28.5 Å². The predicted octanol–water partition coefficient (Wildman–Crippen LogP) is 2.43. The van der Waals surface area contributed by atoms with Gasteiger partial charge in [-0.1, -0.05) is 30.3 Å². The predicted molar refractivity (Wildman–Crippen MR) is 101 cm³/mol. The van der Waals surface area contributed by atoms with Gasteiger partial charge >= 0.3 is 5.97 Å². The van der Waals surface area contributed by atoms with Crippen LogP contribution in [0.4, 0.5) is 5.69 Å². The number of hydrogen-bond donors (Lipinski definition) is 2. The highest BCUT2D eigenvalue weighted by Crippen LogP contribution is 2.09. The van der Waals surface area contributed by atoms with Gasteiger partial charge in [0.15, 0.2) is 6.10 Å². The van der Waals surface area contributed by atoms with Crippen molar-refractivity contribution < 1.29 is 14.3 Å². The summed E-state index contributed by atoms with van der Waals surface area (Å²) < 4.78 is 5.15. The maximum Gasteiger partial charge on any atom is 0.307 e. The first-order valence-corrected chi connectivity index (χ1v) is 8.56. The number of carbonyl (C=O) groups is 2. The van der Waals surface area contributed by atoms with Crippen LogP contribution in [0.15, 0.2) is 59.4 Å². The van der Waals surface area contributed by atoms with Crippen LogP contribution in [0.5, 0.6) is 0 Å². The molecule has 0 saturated heterocycles. The van der Waals surface area contributed by atoms with Gasteiger partial charge in [-0.25, -0.2) is 4.98 Å². The van der Waals surface area contributed by atoms with Gasteiger partial charge in [-0.15, -0.1) is 0 Å². The summed E-state index contributed by atoms with van der Waals surface area (Å²) in [6, 6.07) is 15.9. The Bertz CT molecular complexity index is 1010. The molecule has 3 rings (SSSR count). The van der Waals surface area contributed by atoms with E-state index in [4.69, 9.17) is 4.74 Å². The molecule has 0 aliphatic heterocycles. The Balaban J connectivity index is 1.55. The van der Waals surface area contributed by atoms with Crippen molar-refractivity contribution in [2.75, 3.05) is 5.32 Å². The third-order valence-corrected chi connectivity index (χ3v) is 3.95. The lowest BCUT2D eigenvalue weighted by Gasteiger charge is -2.13. The molecule has 138 valence electrons. The number of ether oxygens (including phenoxy) is 1. The molecule has 1 aromatic heterocycles. The minimum absolute atomic E-state index is 0.00420. The Morgan fingerprint density at radius 2 is 1.81 bits per heavy atom. The Hall–Kier alpha value is -3.48. The van der Waals surface area contributed by atoms with Gasteiger partial charge in [-0.3, -0.25) is 14.4 Å². The number of anilines is 1. The highest BCUT2D eigenvalue weighted by molar-refractivity contribution is 5.95. The minimum atomic E-state index is -0.929. The monoisotopic (exact) mass is 365 g/mol. The zero-order chi connectivity index (χ0) is 19.2. The van der Waals surface area contributed by atoms with Crippen LogP contribution in [0.1, 0.15) is 19.2 Å². The minimum Gasteiger partial charge on any atom is -0.453 e. The molecule has 0 bridgehead atoms. The van der Waals surface area contributed by atoms with Crippen LogP contribution in [-0.2, 0) is 20.7 Å². The number of carbonyl (C=O) groups excluding carboxylic acids is 2. The molecule has 0 unspecified atom stereocenters. The number of aryl methyl sites for hydroxylation is 1. The van der Waals surface area contributed by atoms with Gasteiger partial charge in [0, 0.05) is 12.1 Å². The van der Waals surface area contributed by atoms with E-state index in [1.165, 1.54) is 6.92 Å². The summed E-state index contributed by atoms with van der Waals surface area (Å²) in [5.74, 6) is -0.551. The Morgan fingerprint density at radius 3 is 2.59 bits per heavy atom. The second-order valence-electron chi connectivity index (χ2n) is 6.02. The maximum absolute atomic E-state index is 12.1. The number of nitrogens with zero attached hydrogens (tertiary/aromatic N) is 1. The van der Waals surface area contributed by atoms with Crippen LogP contribution in [0.25, 0.3) is 10.9 Å². The van der Waals surface area contributed by atoms with E-state index in [-0.39, 0.29) is 18.4 Å². The molecule has 0 radical (unpaired) electrons. The standard InChI is InChI=1S/C20H19N3O4/c1-13(19(25)21-14-7-3-2-4-8-14)27-18(24)12-11-17-22-16-10-6-5-9-15(16)20(26)23-17/h2-10,13H,11-12H2,1H3,(H,21,25)(H,22,23,26)/t13-/m1/s1. The largest absolute Gasteiger partial charge is 0.453 e. The first-order valence-electron chi connectivity index (χ1n) is 8.56. The molecule has 2 N–H and O–H groups in total. The molecule has 0 spiro atoms. The van der Waals surface area contributed by atoms with E-state index < -0.39 is 18.0 Å². The topological polar surface area (TPSA) is 101 Å². The van der Waals surface area contributed by atoms with Gasteiger partial charge in [0.1, 0.15) is 5.82 Å². The molecule has 0 fully saturated rings. The third-order valence-electron chi connectivity index (χ3n) is 3.95. The summed E-state index contributed by atoms with van der Waals surface area (Å²) in [6.07, 6.45) is -0.711. The first-order chi connectivity index (χ1) is 13.0. The highest BCUT2D eigenvalue weighted by Gasteiger charge is 2.18. The molecule has 1 amide bonds. The van der Waals surface area contributed by atoms with E-state index in [0.717, 1.165) is 0 Å². The van der Waals surface area contributed by atoms with E-state index in [9.17, 15) is 14.4 Å². The van der Waals surface area contributed by atoms with Gasteiger partial charge in [-0.2, -0.15) is 0 Å². The molecule has 1 atom stereocenters. The Morgan fingerprint density at radius 1 is 1.11 bits per heavy atom. The Labute approximate surface area is 155 Å². The van der Waals surface area contributed by atoms with Crippen molar-refractivity contribution in [3.05, 3.63) is 70.8 Å². The lowest BCUT2D eigenvalue weighted by molar-refractivity contribution is -0.153. The summed E-state index contributed by atoms with van der Waals surface area (Å²) in [5.41, 5.74) is 0.947. The van der Waals surface area contributed by atoms with Crippen LogP contribution in [-0.4, -0.2) is 27.9 Å². The van der Waals surface area contributed by atoms with E-state index in [1.54, 1.807) is 48.5 Å². The van der Waals surface area contributed by atoms with Crippen molar-refractivity contribution in [1.82, 2.24) is 9.97 Å². The number of hydrogen-bond acceptors (Lipinski definition) is 5. The number of aromatic nitrogens is 2. The van der Waals surface area contributed by atoms with E-state index in [2.05, 4.69) is 15.3 Å². The van der Waals surface area contributed by atoms with Crippen LogP contribution >= 0.6 is 0 Å². The molecular formula is C20H19N3O4. The van der Waals surface area contributed by atoms with Crippen molar-refractivity contribution in [3.8, 4) is 0 Å². The van der Waals surface area contributed by atoms with Gasteiger partial charge in [-0.05, 0) is 31.2 Å². The number of aromatic amines is 1. The quantitative estimate of drug-likeness (QED) is 0.653. The zero-order valence-corrected chi connectivity index (χ0v) is 14.8. The summed E-state index contributed by atoms with van der Waals surface area (Å²) in [5, 5.41) is 3.17. The smallest absolute Gasteiger partial charge is 0.307 e. The molecule has 7 nitrogen and oxygen atoms in total. The van der Waals surface area contributed by atoms with Crippen LogP contribution < -0.4 is 10.9 Å². The fourth-order valence-electron chi connectivity index (χ4n) is 2.55. The number of rotatable bonds is 6. The number of benzene rings is 2. The molecule has 3 aromatic rings. The third kappa shape index (κ3) is 4.78. The average molecular weight is 365 g/mol.